The summed E-state index contributed by atoms with van der Waals surface area (Å²) in [4.78, 5) is 14.4. The average molecular weight is 376 g/mol. The highest BCUT2D eigenvalue weighted by molar-refractivity contribution is 7.92. The second kappa shape index (κ2) is 7.15. The first-order valence-electron chi connectivity index (χ1n) is 8.77. The van der Waals surface area contributed by atoms with Gasteiger partial charge >= 0.3 is 0 Å². The predicted molar refractivity (Wildman–Crippen MR) is 103 cm³/mol. The molecule has 1 aliphatic carbocycles. The number of hydrogen-bond acceptors (Lipinski definition) is 4. The van der Waals surface area contributed by atoms with E-state index in [-0.39, 0.29) is 11.3 Å². The molecule has 0 atom stereocenters. The Labute approximate surface area is 153 Å². The van der Waals surface area contributed by atoms with Crippen LogP contribution in [0.4, 0.5) is 5.69 Å². The molecule has 0 radical (unpaired) electrons. The van der Waals surface area contributed by atoms with E-state index in [1.165, 1.54) is 12.8 Å². The van der Waals surface area contributed by atoms with Crippen LogP contribution in [-0.2, 0) is 10.0 Å². The molecule has 0 saturated heterocycles. The van der Waals surface area contributed by atoms with Gasteiger partial charge in [0.25, 0.3) is 5.56 Å². The summed E-state index contributed by atoms with van der Waals surface area (Å²) in [5.74, 6) is 1.29. The van der Waals surface area contributed by atoms with Gasteiger partial charge in [0.2, 0.25) is 10.0 Å². The quantitative estimate of drug-likeness (QED) is 0.777. The van der Waals surface area contributed by atoms with Crippen molar-refractivity contribution in [2.24, 2.45) is 5.92 Å². The molecule has 1 saturated carbocycles. The number of aryl methyl sites for hydroxylation is 1. The molecule has 3 rings (SSSR count). The predicted octanol–water partition coefficient (Wildman–Crippen LogP) is 3.21. The molecule has 7 heteroatoms. The monoisotopic (exact) mass is 376 g/mol. The molecule has 140 valence electrons. The minimum absolute atomic E-state index is 0.000526. The van der Waals surface area contributed by atoms with Crippen molar-refractivity contribution in [1.29, 1.82) is 0 Å². The summed E-state index contributed by atoms with van der Waals surface area (Å²) in [5.41, 5.74) is 3.32. The molecule has 2 aromatic rings. The number of pyridine rings is 1. The van der Waals surface area contributed by atoms with Gasteiger partial charge in [-0.2, -0.15) is 0 Å². The average Bonchev–Trinajstić information content (AvgIpc) is 3.42. The lowest BCUT2D eigenvalue weighted by Crippen LogP contribution is -2.16. The van der Waals surface area contributed by atoms with Gasteiger partial charge in [-0.1, -0.05) is 0 Å². The number of aromatic amines is 1. The number of rotatable bonds is 7. The van der Waals surface area contributed by atoms with Crippen molar-refractivity contribution in [1.82, 2.24) is 4.98 Å². The number of hydrogen-bond donors (Lipinski definition) is 2. The van der Waals surface area contributed by atoms with Crippen molar-refractivity contribution in [2.45, 2.75) is 33.6 Å². The minimum Gasteiger partial charge on any atom is -0.493 e. The number of H-pyrrole nitrogens is 1. The van der Waals surface area contributed by atoms with E-state index in [9.17, 15) is 13.2 Å². The first kappa shape index (κ1) is 18.5. The van der Waals surface area contributed by atoms with Crippen LogP contribution in [0.5, 0.6) is 5.75 Å². The summed E-state index contributed by atoms with van der Waals surface area (Å²) in [7, 11) is -3.39. The normalized spacial score (nSPS) is 14.3. The Morgan fingerprint density at radius 2 is 2.00 bits per heavy atom. The molecule has 2 N–H and O–H groups in total. The van der Waals surface area contributed by atoms with Gasteiger partial charge in [-0.15, -0.1) is 0 Å². The molecule has 0 aliphatic heterocycles. The molecule has 26 heavy (non-hydrogen) atoms. The summed E-state index contributed by atoms with van der Waals surface area (Å²) in [6.07, 6.45) is 4.00. The molecule has 1 aromatic heterocycles. The van der Waals surface area contributed by atoms with Gasteiger partial charge in [-0.25, -0.2) is 8.42 Å². The van der Waals surface area contributed by atoms with Crippen LogP contribution >= 0.6 is 0 Å². The third-order valence-electron chi connectivity index (χ3n) is 4.62. The van der Waals surface area contributed by atoms with Gasteiger partial charge in [0.05, 0.1) is 18.0 Å². The Kier molecular flexibility index (Phi) is 5.09. The van der Waals surface area contributed by atoms with Crippen LogP contribution in [0.25, 0.3) is 11.1 Å². The fourth-order valence-corrected chi connectivity index (χ4v) is 3.45. The Morgan fingerprint density at radius 1 is 1.27 bits per heavy atom. The summed E-state index contributed by atoms with van der Waals surface area (Å²) >= 11 is 0. The summed E-state index contributed by atoms with van der Waals surface area (Å²) in [6, 6.07) is 5.31. The largest absolute Gasteiger partial charge is 0.493 e. The maximum atomic E-state index is 12.0. The number of nitrogens with one attached hydrogen (secondary N) is 2. The van der Waals surface area contributed by atoms with Crippen molar-refractivity contribution in [3.8, 4) is 16.9 Å². The topological polar surface area (TPSA) is 88.3 Å². The zero-order valence-electron chi connectivity index (χ0n) is 15.3. The van der Waals surface area contributed by atoms with E-state index in [1.54, 1.807) is 38.2 Å². The molecule has 0 bridgehead atoms. The van der Waals surface area contributed by atoms with Crippen LogP contribution in [0.3, 0.4) is 0 Å². The van der Waals surface area contributed by atoms with Crippen LogP contribution < -0.4 is 15.0 Å². The van der Waals surface area contributed by atoms with Gasteiger partial charge in [-0.05, 0) is 63.3 Å². The molecule has 0 spiro atoms. The molecule has 1 heterocycles. The minimum atomic E-state index is -3.39. The maximum Gasteiger partial charge on any atom is 0.250 e. The number of aromatic nitrogens is 1. The Morgan fingerprint density at radius 3 is 2.62 bits per heavy atom. The molecule has 6 nitrogen and oxygen atoms in total. The molecular weight excluding hydrogens is 352 g/mol. The van der Waals surface area contributed by atoms with Crippen molar-refractivity contribution >= 4 is 15.7 Å². The van der Waals surface area contributed by atoms with Crippen molar-refractivity contribution in [3.05, 3.63) is 45.9 Å². The molecule has 1 aliphatic rings. The van der Waals surface area contributed by atoms with Gasteiger partial charge in [0.15, 0.2) is 0 Å². The molecule has 0 unspecified atom stereocenters. The van der Waals surface area contributed by atoms with E-state index in [4.69, 9.17) is 4.74 Å². The molecule has 1 fully saturated rings. The lowest BCUT2D eigenvalue weighted by molar-refractivity contribution is 0.301. The summed E-state index contributed by atoms with van der Waals surface area (Å²) in [5, 5.41) is 0. The third kappa shape index (κ3) is 4.09. The Hall–Kier alpha value is -2.28. The Balaban J connectivity index is 2.08. The van der Waals surface area contributed by atoms with Gasteiger partial charge < -0.3 is 9.72 Å². The fraction of sp³-hybridized carbons (Fsp3) is 0.421. The van der Waals surface area contributed by atoms with E-state index < -0.39 is 10.0 Å². The van der Waals surface area contributed by atoms with E-state index in [0.29, 0.717) is 29.5 Å². The van der Waals surface area contributed by atoms with Crippen LogP contribution in [-0.4, -0.2) is 25.8 Å². The maximum absolute atomic E-state index is 12.0. The van der Waals surface area contributed by atoms with E-state index in [0.717, 1.165) is 16.7 Å². The van der Waals surface area contributed by atoms with Crippen molar-refractivity contribution in [3.63, 3.8) is 0 Å². The first-order valence-corrected chi connectivity index (χ1v) is 10.4. The molecular formula is C19H24N2O4S. The van der Waals surface area contributed by atoms with Crippen LogP contribution in [0, 0.1) is 19.8 Å². The highest BCUT2D eigenvalue weighted by atomic mass is 32.2. The number of anilines is 1. The fourth-order valence-electron chi connectivity index (χ4n) is 2.75. The van der Waals surface area contributed by atoms with E-state index >= 15 is 0 Å². The highest BCUT2D eigenvalue weighted by Crippen LogP contribution is 2.39. The highest BCUT2D eigenvalue weighted by Gasteiger charge is 2.23. The van der Waals surface area contributed by atoms with Crippen LogP contribution in [0.1, 0.15) is 30.9 Å². The molecule has 1 aromatic carbocycles. The zero-order valence-corrected chi connectivity index (χ0v) is 16.1. The Bertz CT molecular complexity index is 976. The standard InChI is InChI=1S/C19H24N2O4S/c1-4-26(23,24)21-16-7-8-17(25-11-14-5-6-14)18(13(16)3)15-9-12(2)19(22)20-10-15/h7-10,14,21H,4-6,11H2,1-3H3,(H,20,22). The van der Waals surface area contributed by atoms with Gasteiger partial charge in [-0.3, -0.25) is 9.52 Å². The number of sulfonamides is 1. The SMILES string of the molecule is CCS(=O)(=O)Nc1ccc(OCC2CC2)c(-c2c[nH]c(=O)c(C)c2)c1C. The second-order valence-corrected chi connectivity index (χ2v) is 8.78. The lowest BCUT2D eigenvalue weighted by Gasteiger charge is -2.18. The van der Waals surface area contributed by atoms with Crippen molar-refractivity contribution in [2.75, 3.05) is 17.1 Å². The van der Waals surface area contributed by atoms with Gasteiger partial charge in [0.1, 0.15) is 5.75 Å². The summed E-state index contributed by atoms with van der Waals surface area (Å²) < 4.78 is 32.6. The lowest BCUT2D eigenvalue weighted by atomic mass is 9.98. The molecule has 0 amide bonds. The number of ether oxygens (including phenoxy) is 1. The first-order chi connectivity index (χ1) is 12.3. The van der Waals surface area contributed by atoms with Crippen LogP contribution in [0.2, 0.25) is 0 Å². The number of benzene rings is 1. The smallest absolute Gasteiger partial charge is 0.250 e. The van der Waals surface area contributed by atoms with Crippen LogP contribution in [0.15, 0.2) is 29.2 Å². The second-order valence-electron chi connectivity index (χ2n) is 6.77. The zero-order chi connectivity index (χ0) is 18.9. The third-order valence-corrected chi connectivity index (χ3v) is 5.91. The van der Waals surface area contributed by atoms with Gasteiger partial charge in [0, 0.05) is 22.9 Å². The van der Waals surface area contributed by atoms with E-state index in [2.05, 4.69) is 9.71 Å². The van der Waals surface area contributed by atoms with E-state index in [1.807, 2.05) is 6.92 Å². The van der Waals surface area contributed by atoms with Crippen molar-refractivity contribution < 1.29 is 13.2 Å². The summed E-state index contributed by atoms with van der Waals surface area (Å²) in [6.45, 7) is 5.84.